The minimum absolute atomic E-state index is 0.146. The van der Waals surface area contributed by atoms with E-state index in [0.29, 0.717) is 6.42 Å². The minimum atomic E-state index is -0.872. The lowest BCUT2D eigenvalue weighted by atomic mass is 9.72. The summed E-state index contributed by atoms with van der Waals surface area (Å²) < 4.78 is 0. The van der Waals surface area contributed by atoms with Crippen molar-refractivity contribution < 1.29 is 9.90 Å². The number of rotatable bonds is 2. The highest BCUT2D eigenvalue weighted by molar-refractivity contribution is 5.83. The second-order valence-corrected chi connectivity index (χ2v) is 5.72. The Morgan fingerprint density at radius 1 is 1.05 bits per heavy atom. The highest BCUT2D eigenvalue weighted by Gasteiger charge is 2.50. The van der Waals surface area contributed by atoms with Gasteiger partial charge in [-0.2, -0.15) is 0 Å². The van der Waals surface area contributed by atoms with Crippen LogP contribution in [0, 0.1) is 17.8 Å². The van der Waals surface area contributed by atoms with E-state index in [-0.39, 0.29) is 5.92 Å². The molecule has 1 fully saturated rings. The Morgan fingerprint density at radius 3 is 2.32 bits per heavy atom. The van der Waals surface area contributed by atoms with Crippen molar-refractivity contribution in [1.29, 1.82) is 0 Å². The van der Waals surface area contributed by atoms with Gasteiger partial charge >= 0.3 is 5.97 Å². The van der Waals surface area contributed by atoms with Crippen molar-refractivity contribution >= 4 is 5.97 Å². The maximum atomic E-state index is 12.1. The Morgan fingerprint density at radius 2 is 1.68 bits per heavy atom. The number of hydrogen-bond acceptors (Lipinski definition) is 1. The van der Waals surface area contributed by atoms with Gasteiger partial charge in [0.05, 0.1) is 0 Å². The fourth-order valence-electron chi connectivity index (χ4n) is 3.35. The van der Waals surface area contributed by atoms with Gasteiger partial charge in [0.2, 0.25) is 0 Å². The molecule has 0 heterocycles. The molecular weight excluding hydrogens is 272 g/mol. The Bertz CT molecular complexity index is 710. The largest absolute Gasteiger partial charge is 0.481 e. The summed E-state index contributed by atoms with van der Waals surface area (Å²) in [7, 11) is 0. The monoisotopic (exact) mass is 290 g/mol. The quantitative estimate of drug-likeness (QED) is 0.853. The average molecular weight is 290 g/mol. The van der Waals surface area contributed by atoms with Gasteiger partial charge in [-0.3, -0.25) is 4.79 Å². The number of aliphatic carboxylic acids is 1. The standard InChI is InChI=1S/C20H18O2/c21-19(22)20(17-10-5-2-6-11-17)15-7-12-18(20)14-13-16-8-3-1-4-9-16/h1-6,8-11,18H,7,12,15H2,(H,21,22). The molecule has 0 bridgehead atoms. The summed E-state index contributed by atoms with van der Waals surface area (Å²) in [4.78, 5) is 12.1. The SMILES string of the molecule is O=C(O)C1(c2ccccc2)CCCC1C#Cc1ccccc1. The second-order valence-electron chi connectivity index (χ2n) is 5.72. The fraction of sp³-hybridized carbons (Fsp3) is 0.250. The summed E-state index contributed by atoms with van der Waals surface area (Å²) in [6, 6.07) is 19.3. The van der Waals surface area contributed by atoms with Crippen LogP contribution in [0.3, 0.4) is 0 Å². The van der Waals surface area contributed by atoms with Crippen LogP contribution in [0.2, 0.25) is 0 Å². The Kier molecular flexibility index (Phi) is 3.98. The van der Waals surface area contributed by atoms with Crippen LogP contribution in [0.15, 0.2) is 60.7 Å². The number of carboxylic acid groups (broad SMARTS) is 1. The summed E-state index contributed by atoms with van der Waals surface area (Å²) in [5.41, 5.74) is 0.928. The third-order valence-electron chi connectivity index (χ3n) is 4.49. The molecule has 22 heavy (non-hydrogen) atoms. The van der Waals surface area contributed by atoms with E-state index >= 15 is 0 Å². The summed E-state index contributed by atoms with van der Waals surface area (Å²) in [6.45, 7) is 0. The molecule has 1 N–H and O–H groups in total. The summed E-state index contributed by atoms with van der Waals surface area (Å²) in [5.74, 6) is 5.48. The molecule has 0 spiro atoms. The summed E-state index contributed by atoms with van der Waals surface area (Å²) >= 11 is 0. The first-order valence-corrected chi connectivity index (χ1v) is 7.59. The van der Waals surface area contributed by atoms with E-state index in [1.54, 1.807) is 0 Å². The topological polar surface area (TPSA) is 37.3 Å². The van der Waals surface area contributed by atoms with Gasteiger partial charge in [-0.25, -0.2) is 0 Å². The van der Waals surface area contributed by atoms with Crippen LogP contribution in [-0.2, 0) is 10.2 Å². The van der Waals surface area contributed by atoms with Crippen LogP contribution in [0.1, 0.15) is 30.4 Å². The number of carbonyl (C=O) groups is 1. The molecule has 0 aromatic heterocycles. The average Bonchev–Trinajstić information content (AvgIpc) is 3.00. The van der Waals surface area contributed by atoms with E-state index in [2.05, 4.69) is 11.8 Å². The second kappa shape index (κ2) is 6.07. The van der Waals surface area contributed by atoms with E-state index in [4.69, 9.17) is 0 Å². The number of carboxylic acids is 1. The van der Waals surface area contributed by atoms with Crippen molar-refractivity contribution in [2.75, 3.05) is 0 Å². The molecule has 2 aromatic rings. The lowest BCUT2D eigenvalue weighted by molar-refractivity contribution is -0.144. The van der Waals surface area contributed by atoms with E-state index in [1.807, 2.05) is 60.7 Å². The van der Waals surface area contributed by atoms with E-state index in [9.17, 15) is 9.90 Å². The first-order chi connectivity index (χ1) is 10.7. The van der Waals surface area contributed by atoms with Gasteiger partial charge in [0, 0.05) is 11.5 Å². The van der Waals surface area contributed by atoms with Crippen LogP contribution in [-0.4, -0.2) is 11.1 Å². The Balaban J connectivity index is 2.00. The number of hydrogen-bond donors (Lipinski definition) is 1. The van der Waals surface area contributed by atoms with Crippen LogP contribution in [0.25, 0.3) is 0 Å². The Labute approximate surface area is 130 Å². The van der Waals surface area contributed by atoms with Gasteiger partial charge < -0.3 is 5.11 Å². The smallest absolute Gasteiger partial charge is 0.315 e. The normalized spacial score (nSPS) is 23.5. The zero-order valence-electron chi connectivity index (χ0n) is 12.3. The molecular formula is C20H18O2. The lowest BCUT2D eigenvalue weighted by Gasteiger charge is -2.28. The molecule has 2 nitrogen and oxygen atoms in total. The molecule has 2 unspecified atom stereocenters. The molecule has 1 aliphatic rings. The molecule has 110 valence electrons. The molecule has 1 aliphatic carbocycles. The van der Waals surface area contributed by atoms with Crippen LogP contribution in [0.4, 0.5) is 0 Å². The van der Waals surface area contributed by atoms with Gasteiger partial charge in [0.1, 0.15) is 5.41 Å². The predicted molar refractivity (Wildman–Crippen MR) is 86.4 cm³/mol. The van der Waals surface area contributed by atoms with Gasteiger partial charge in [-0.05, 0) is 30.5 Å². The third kappa shape index (κ3) is 2.51. The molecule has 0 saturated heterocycles. The van der Waals surface area contributed by atoms with Gasteiger partial charge in [0.25, 0.3) is 0 Å². The van der Waals surface area contributed by atoms with Gasteiger partial charge in [0.15, 0.2) is 0 Å². The van der Waals surface area contributed by atoms with Crippen molar-refractivity contribution in [3.05, 3.63) is 71.8 Å². The predicted octanol–water partition coefficient (Wildman–Crippen LogP) is 3.86. The summed E-state index contributed by atoms with van der Waals surface area (Å²) in [6.07, 6.45) is 2.39. The van der Waals surface area contributed by atoms with Crippen molar-refractivity contribution in [2.45, 2.75) is 24.7 Å². The van der Waals surface area contributed by atoms with Crippen molar-refractivity contribution in [3.63, 3.8) is 0 Å². The van der Waals surface area contributed by atoms with Crippen molar-refractivity contribution in [3.8, 4) is 11.8 Å². The highest BCUT2D eigenvalue weighted by Crippen LogP contribution is 2.45. The zero-order chi connectivity index (χ0) is 15.4. The minimum Gasteiger partial charge on any atom is -0.481 e. The maximum absolute atomic E-state index is 12.1. The van der Waals surface area contributed by atoms with Crippen molar-refractivity contribution in [2.24, 2.45) is 5.92 Å². The van der Waals surface area contributed by atoms with Crippen LogP contribution >= 0.6 is 0 Å². The first kappa shape index (κ1) is 14.4. The van der Waals surface area contributed by atoms with E-state index in [1.165, 1.54) is 0 Å². The van der Waals surface area contributed by atoms with Crippen LogP contribution < -0.4 is 0 Å². The lowest BCUT2D eigenvalue weighted by Crippen LogP contribution is -2.38. The van der Waals surface area contributed by atoms with Crippen LogP contribution in [0.5, 0.6) is 0 Å². The van der Waals surface area contributed by atoms with Gasteiger partial charge in [-0.1, -0.05) is 66.8 Å². The zero-order valence-corrected chi connectivity index (χ0v) is 12.3. The number of benzene rings is 2. The molecule has 2 atom stereocenters. The van der Waals surface area contributed by atoms with E-state index < -0.39 is 11.4 Å². The van der Waals surface area contributed by atoms with Crippen molar-refractivity contribution in [1.82, 2.24) is 0 Å². The fourth-order valence-corrected chi connectivity index (χ4v) is 3.35. The third-order valence-corrected chi connectivity index (χ3v) is 4.49. The summed E-state index contributed by atoms with van der Waals surface area (Å²) in [5, 5.41) is 9.92. The molecule has 2 heteroatoms. The molecule has 1 saturated carbocycles. The molecule has 0 aliphatic heterocycles. The molecule has 0 radical (unpaired) electrons. The molecule has 2 aromatic carbocycles. The highest BCUT2D eigenvalue weighted by atomic mass is 16.4. The molecule has 0 amide bonds. The van der Waals surface area contributed by atoms with Gasteiger partial charge in [-0.15, -0.1) is 0 Å². The molecule has 3 rings (SSSR count). The Hall–Kier alpha value is -2.53. The van der Waals surface area contributed by atoms with E-state index in [0.717, 1.165) is 24.0 Å². The maximum Gasteiger partial charge on any atom is 0.315 e. The first-order valence-electron chi connectivity index (χ1n) is 7.59.